The first kappa shape index (κ1) is 13.1. The minimum Gasteiger partial charge on any atom is -0.319 e. The van der Waals surface area contributed by atoms with E-state index in [0.717, 1.165) is 0 Å². The fourth-order valence-corrected chi connectivity index (χ4v) is 1.26. The van der Waals surface area contributed by atoms with Gasteiger partial charge in [-0.05, 0) is 6.42 Å². The largest absolute Gasteiger partial charge is 0.331 e. The molecule has 0 heterocycles. The van der Waals surface area contributed by atoms with Gasteiger partial charge < -0.3 is 4.84 Å². The van der Waals surface area contributed by atoms with Crippen molar-refractivity contribution in [3.05, 3.63) is 35.9 Å². The number of rotatable bonds is 5. The molecule has 17 heavy (non-hydrogen) atoms. The Balaban J connectivity index is 2.66. The van der Waals surface area contributed by atoms with Gasteiger partial charge in [0.2, 0.25) is 0 Å². The second-order valence-electron chi connectivity index (χ2n) is 3.56. The summed E-state index contributed by atoms with van der Waals surface area (Å²) in [6.45, 7) is 3.14. The third-order valence-electron chi connectivity index (χ3n) is 2.17. The lowest BCUT2D eigenvalue weighted by Gasteiger charge is -2.02. The van der Waals surface area contributed by atoms with E-state index in [2.05, 4.69) is 9.99 Å². The second kappa shape index (κ2) is 6.58. The molecule has 0 bridgehead atoms. The van der Waals surface area contributed by atoms with Crippen LogP contribution in [0.25, 0.3) is 0 Å². The number of hydrogen-bond donors (Lipinski definition) is 0. The number of oxime groups is 1. The first-order chi connectivity index (χ1) is 8.13. The second-order valence-corrected chi connectivity index (χ2v) is 3.56. The number of nitrogens with zero attached hydrogens (tertiary/aromatic N) is 1. The molecule has 0 fully saturated rings. The van der Waals surface area contributed by atoms with Crippen LogP contribution in [-0.4, -0.2) is 17.5 Å². The summed E-state index contributed by atoms with van der Waals surface area (Å²) in [4.78, 5) is 27.0. The van der Waals surface area contributed by atoms with Crippen molar-refractivity contribution in [2.45, 2.75) is 26.7 Å². The highest BCUT2D eigenvalue weighted by Crippen LogP contribution is 2.05. The molecule has 1 aromatic rings. The predicted octanol–water partition coefficient (Wildman–Crippen LogP) is 2.59. The van der Waals surface area contributed by atoms with Crippen LogP contribution in [0, 0.1) is 0 Å². The molecule has 90 valence electrons. The van der Waals surface area contributed by atoms with E-state index in [-0.39, 0.29) is 12.2 Å². The van der Waals surface area contributed by atoms with Gasteiger partial charge in [-0.15, -0.1) is 0 Å². The Morgan fingerprint density at radius 3 is 2.41 bits per heavy atom. The summed E-state index contributed by atoms with van der Waals surface area (Å²) in [5.74, 6) is -0.513. The third kappa shape index (κ3) is 4.59. The van der Waals surface area contributed by atoms with Gasteiger partial charge in [-0.2, -0.15) is 0 Å². The Bertz CT molecular complexity index is 424. The molecule has 1 aromatic carbocycles. The average molecular weight is 233 g/mol. The summed E-state index contributed by atoms with van der Waals surface area (Å²) in [5.41, 5.74) is 1.20. The van der Waals surface area contributed by atoms with Crippen LogP contribution < -0.4 is 0 Å². The Kier molecular flexibility index (Phi) is 5.07. The Morgan fingerprint density at radius 1 is 1.24 bits per heavy atom. The molecule has 0 radical (unpaired) electrons. The first-order valence-electron chi connectivity index (χ1n) is 5.45. The fraction of sp³-hybridized carbons (Fsp3) is 0.308. The van der Waals surface area contributed by atoms with E-state index in [1.807, 2.05) is 25.1 Å². The topological polar surface area (TPSA) is 55.7 Å². The van der Waals surface area contributed by atoms with Gasteiger partial charge in [0.25, 0.3) is 0 Å². The SMILES string of the molecule is CC/C(CC(=O)c1ccccc1)=N\OC(C)=O. The van der Waals surface area contributed by atoms with Crippen molar-refractivity contribution >= 4 is 17.5 Å². The number of carbonyl (C=O) groups excluding carboxylic acids is 2. The molecule has 0 aliphatic heterocycles. The van der Waals surface area contributed by atoms with Gasteiger partial charge in [-0.1, -0.05) is 42.4 Å². The van der Waals surface area contributed by atoms with Gasteiger partial charge in [0.15, 0.2) is 5.78 Å². The van der Waals surface area contributed by atoms with Crippen LogP contribution in [-0.2, 0) is 9.63 Å². The maximum atomic E-state index is 11.8. The number of carbonyl (C=O) groups is 2. The van der Waals surface area contributed by atoms with Crippen LogP contribution in [0.15, 0.2) is 35.5 Å². The summed E-state index contributed by atoms with van der Waals surface area (Å²) >= 11 is 0. The molecule has 4 nitrogen and oxygen atoms in total. The van der Waals surface area contributed by atoms with Crippen molar-refractivity contribution in [1.82, 2.24) is 0 Å². The highest BCUT2D eigenvalue weighted by molar-refractivity contribution is 6.09. The van der Waals surface area contributed by atoms with Crippen molar-refractivity contribution in [1.29, 1.82) is 0 Å². The van der Waals surface area contributed by atoms with Crippen molar-refractivity contribution in [2.24, 2.45) is 5.16 Å². The minimum absolute atomic E-state index is 0.0293. The maximum Gasteiger partial charge on any atom is 0.331 e. The van der Waals surface area contributed by atoms with Crippen molar-refractivity contribution < 1.29 is 14.4 Å². The van der Waals surface area contributed by atoms with Crippen LogP contribution in [0.5, 0.6) is 0 Å². The zero-order chi connectivity index (χ0) is 12.7. The molecule has 0 atom stereocenters. The lowest BCUT2D eigenvalue weighted by molar-refractivity contribution is -0.140. The molecular formula is C13H15NO3. The summed E-state index contributed by atoms with van der Waals surface area (Å²) < 4.78 is 0. The number of benzene rings is 1. The van der Waals surface area contributed by atoms with Crippen LogP contribution in [0.2, 0.25) is 0 Å². The van der Waals surface area contributed by atoms with E-state index in [9.17, 15) is 9.59 Å². The standard InChI is InChI=1S/C13H15NO3/c1-3-12(14-17-10(2)15)9-13(16)11-7-5-4-6-8-11/h4-8H,3,9H2,1-2H3/b14-12+. The van der Waals surface area contributed by atoms with E-state index >= 15 is 0 Å². The average Bonchev–Trinajstić information content (AvgIpc) is 2.35. The first-order valence-corrected chi connectivity index (χ1v) is 5.45. The molecule has 0 aliphatic rings. The Morgan fingerprint density at radius 2 is 1.88 bits per heavy atom. The zero-order valence-electron chi connectivity index (χ0n) is 9.97. The normalized spacial score (nSPS) is 11.1. The number of hydrogen-bond acceptors (Lipinski definition) is 4. The van der Waals surface area contributed by atoms with Crippen LogP contribution >= 0.6 is 0 Å². The smallest absolute Gasteiger partial charge is 0.319 e. The summed E-state index contributed by atoms with van der Waals surface area (Å²) in [6.07, 6.45) is 0.750. The highest BCUT2D eigenvalue weighted by Gasteiger charge is 2.09. The lowest BCUT2D eigenvalue weighted by atomic mass is 10.0. The van der Waals surface area contributed by atoms with Gasteiger partial charge in [0, 0.05) is 12.5 Å². The van der Waals surface area contributed by atoms with Gasteiger partial charge in [0.05, 0.1) is 12.1 Å². The number of Topliss-reactive ketones (excluding diaryl/α,β-unsaturated/α-hetero) is 1. The molecule has 1 rings (SSSR count). The third-order valence-corrected chi connectivity index (χ3v) is 2.17. The summed E-state index contributed by atoms with van der Waals surface area (Å²) in [7, 11) is 0. The van der Waals surface area contributed by atoms with E-state index in [1.165, 1.54) is 6.92 Å². The highest BCUT2D eigenvalue weighted by atomic mass is 16.7. The molecule has 0 N–H and O–H groups in total. The Labute approximate surface area is 100 Å². The molecule has 0 aromatic heterocycles. The zero-order valence-corrected chi connectivity index (χ0v) is 9.97. The van der Waals surface area contributed by atoms with Crippen LogP contribution in [0.3, 0.4) is 0 Å². The van der Waals surface area contributed by atoms with Gasteiger partial charge >= 0.3 is 5.97 Å². The number of ketones is 1. The summed E-state index contributed by atoms with van der Waals surface area (Å²) in [6, 6.07) is 8.97. The maximum absolute atomic E-state index is 11.8. The summed E-state index contributed by atoms with van der Waals surface area (Å²) in [5, 5.41) is 3.65. The molecular weight excluding hydrogens is 218 g/mol. The van der Waals surface area contributed by atoms with E-state index < -0.39 is 5.97 Å². The predicted molar refractivity (Wildman–Crippen MR) is 64.9 cm³/mol. The van der Waals surface area contributed by atoms with Gasteiger partial charge in [-0.3, -0.25) is 4.79 Å². The van der Waals surface area contributed by atoms with Crippen molar-refractivity contribution in [2.75, 3.05) is 0 Å². The molecule has 0 amide bonds. The molecule has 0 saturated heterocycles. The quantitative estimate of drug-likeness (QED) is 0.340. The molecule has 0 aliphatic carbocycles. The van der Waals surface area contributed by atoms with E-state index in [4.69, 9.17) is 0 Å². The van der Waals surface area contributed by atoms with E-state index in [0.29, 0.717) is 17.7 Å². The van der Waals surface area contributed by atoms with Crippen LogP contribution in [0.4, 0.5) is 0 Å². The van der Waals surface area contributed by atoms with E-state index in [1.54, 1.807) is 12.1 Å². The lowest BCUT2D eigenvalue weighted by Crippen LogP contribution is -2.08. The van der Waals surface area contributed by atoms with Gasteiger partial charge in [-0.25, -0.2) is 4.79 Å². The molecule has 0 saturated carbocycles. The monoisotopic (exact) mass is 233 g/mol. The molecule has 0 spiro atoms. The van der Waals surface area contributed by atoms with Crippen molar-refractivity contribution in [3.8, 4) is 0 Å². The van der Waals surface area contributed by atoms with Crippen molar-refractivity contribution in [3.63, 3.8) is 0 Å². The molecule has 0 unspecified atom stereocenters. The fourth-order valence-electron chi connectivity index (χ4n) is 1.26. The van der Waals surface area contributed by atoms with Gasteiger partial charge in [0.1, 0.15) is 0 Å². The Hall–Kier alpha value is -1.97. The van der Waals surface area contributed by atoms with Crippen LogP contribution in [0.1, 0.15) is 37.0 Å². The molecule has 4 heteroatoms. The minimum atomic E-state index is -0.483.